The lowest BCUT2D eigenvalue weighted by molar-refractivity contribution is 0.0289. The number of aromatic nitrogens is 1. The molecule has 0 N–H and O–H groups in total. The number of hydrogen-bond acceptors (Lipinski definition) is 4. The molecule has 122 valence electrons. The summed E-state index contributed by atoms with van der Waals surface area (Å²) in [4.78, 5) is 17.9. The molecular weight excluding hydrogens is 300 g/mol. The number of carbonyl (C=O) groups is 1. The maximum Gasteiger partial charge on any atom is 0.410 e. The van der Waals surface area contributed by atoms with E-state index < -0.39 is 16.4 Å². The lowest BCUT2D eigenvalue weighted by Gasteiger charge is -2.24. The van der Waals surface area contributed by atoms with Crippen molar-refractivity contribution in [3.63, 3.8) is 0 Å². The van der Waals surface area contributed by atoms with E-state index in [0.717, 1.165) is 12.0 Å². The van der Waals surface area contributed by atoms with E-state index in [1.54, 1.807) is 11.1 Å². The van der Waals surface area contributed by atoms with Crippen molar-refractivity contribution in [2.24, 2.45) is 5.92 Å². The molecule has 22 heavy (non-hydrogen) atoms. The molecule has 1 fully saturated rings. The topological polar surface area (TPSA) is 59.5 Å². The van der Waals surface area contributed by atoms with Gasteiger partial charge in [-0.2, -0.15) is 0 Å². The molecule has 0 radical (unpaired) electrons. The van der Waals surface area contributed by atoms with Crippen molar-refractivity contribution in [1.29, 1.82) is 0 Å². The number of ether oxygens (including phenoxy) is 1. The normalized spacial score (nSPS) is 20.0. The van der Waals surface area contributed by atoms with Gasteiger partial charge in [-0.05, 0) is 57.7 Å². The maximum absolute atomic E-state index is 12.4. The minimum absolute atomic E-state index is 0.232. The van der Waals surface area contributed by atoms with Gasteiger partial charge < -0.3 is 9.64 Å². The Hall–Kier alpha value is -1.43. The summed E-state index contributed by atoms with van der Waals surface area (Å²) in [5, 5.41) is 0.621. The molecule has 0 aromatic carbocycles. The van der Waals surface area contributed by atoms with E-state index in [-0.39, 0.29) is 12.0 Å². The van der Waals surface area contributed by atoms with E-state index in [4.69, 9.17) is 4.74 Å². The van der Waals surface area contributed by atoms with Crippen LogP contribution in [0.1, 0.15) is 32.8 Å². The molecule has 2 atom stereocenters. The van der Waals surface area contributed by atoms with Crippen LogP contribution in [0.5, 0.6) is 0 Å². The molecule has 0 spiro atoms. The number of likely N-dealkylation sites (tertiary alicyclic amines) is 1. The Bertz CT molecular complexity index is 569. The number of nitrogens with zero attached hydrogens (tertiary/aromatic N) is 2. The molecular formula is C16H24N2O3S. The highest BCUT2D eigenvalue weighted by molar-refractivity contribution is 7.84. The van der Waals surface area contributed by atoms with Gasteiger partial charge in [0.2, 0.25) is 0 Å². The fourth-order valence-electron chi connectivity index (χ4n) is 2.39. The van der Waals surface area contributed by atoms with Crippen LogP contribution in [-0.2, 0) is 15.5 Å². The van der Waals surface area contributed by atoms with Gasteiger partial charge in [-0.1, -0.05) is 0 Å². The first-order chi connectivity index (χ1) is 10.2. The summed E-state index contributed by atoms with van der Waals surface area (Å²) >= 11 is 0. The Morgan fingerprint density at radius 2 is 2.23 bits per heavy atom. The summed E-state index contributed by atoms with van der Waals surface area (Å²) in [6.45, 7) is 8.80. The summed E-state index contributed by atoms with van der Waals surface area (Å²) < 4.78 is 17.7. The highest BCUT2D eigenvalue weighted by atomic mass is 32.2. The molecule has 0 aliphatic carbocycles. The predicted molar refractivity (Wildman–Crippen MR) is 86.2 cm³/mol. The third kappa shape index (κ3) is 4.80. The molecule has 1 aliphatic rings. The smallest absolute Gasteiger partial charge is 0.410 e. The van der Waals surface area contributed by atoms with Crippen LogP contribution in [0.3, 0.4) is 0 Å². The van der Waals surface area contributed by atoms with E-state index in [9.17, 15) is 9.00 Å². The zero-order valence-electron chi connectivity index (χ0n) is 13.7. The number of amides is 1. The van der Waals surface area contributed by atoms with Gasteiger partial charge in [0.1, 0.15) is 10.6 Å². The standard InChI is InChI=1S/C16H24N2O3S/c1-12-5-7-17-14(9-12)22(20)11-13-6-8-18(10-13)15(19)21-16(2,3)4/h5,7,9,13H,6,8,10-11H2,1-4H3/t13-,22-/m1/s1. The van der Waals surface area contributed by atoms with Gasteiger partial charge in [-0.15, -0.1) is 0 Å². The van der Waals surface area contributed by atoms with E-state index in [1.165, 1.54) is 0 Å². The SMILES string of the molecule is Cc1ccnc([S@](=O)C[C@@H]2CCN(C(=O)OC(C)(C)C)C2)c1. The van der Waals surface area contributed by atoms with Crippen LogP contribution in [0, 0.1) is 12.8 Å². The Kier molecular flexibility index (Phi) is 5.21. The third-order valence-corrected chi connectivity index (χ3v) is 4.91. The summed E-state index contributed by atoms with van der Waals surface area (Å²) in [5.74, 6) is 0.770. The molecule has 1 aromatic rings. The Labute approximate surface area is 134 Å². The first-order valence-electron chi connectivity index (χ1n) is 7.53. The van der Waals surface area contributed by atoms with E-state index in [2.05, 4.69) is 4.98 Å². The molecule has 0 saturated carbocycles. The molecule has 1 aliphatic heterocycles. The van der Waals surface area contributed by atoms with Crippen LogP contribution in [-0.4, -0.2) is 44.6 Å². The zero-order valence-corrected chi connectivity index (χ0v) is 14.5. The van der Waals surface area contributed by atoms with Crippen LogP contribution in [0.15, 0.2) is 23.4 Å². The zero-order chi connectivity index (χ0) is 16.3. The van der Waals surface area contributed by atoms with Crippen molar-refractivity contribution in [2.75, 3.05) is 18.8 Å². The number of rotatable bonds is 3. The molecule has 1 saturated heterocycles. The second-order valence-corrected chi connectivity index (χ2v) is 8.21. The van der Waals surface area contributed by atoms with Gasteiger partial charge in [0.15, 0.2) is 0 Å². The number of hydrogen-bond donors (Lipinski definition) is 0. The molecule has 2 heterocycles. The first kappa shape index (κ1) is 16.9. The summed E-state index contributed by atoms with van der Waals surface area (Å²) in [6, 6.07) is 3.75. The fourth-order valence-corrected chi connectivity index (χ4v) is 3.76. The second-order valence-electron chi connectivity index (χ2n) is 6.76. The lowest BCUT2D eigenvalue weighted by atomic mass is 10.2. The maximum atomic E-state index is 12.4. The predicted octanol–water partition coefficient (Wildman–Crippen LogP) is 2.75. The van der Waals surface area contributed by atoms with Crippen LogP contribution in [0.25, 0.3) is 0 Å². The van der Waals surface area contributed by atoms with Gasteiger partial charge in [-0.3, -0.25) is 4.21 Å². The third-order valence-electron chi connectivity index (χ3n) is 3.45. The highest BCUT2D eigenvalue weighted by Gasteiger charge is 2.30. The summed E-state index contributed by atoms with van der Waals surface area (Å²) in [6.07, 6.45) is 2.26. The van der Waals surface area contributed by atoms with E-state index in [0.29, 0.717) is 23.9 Å². The van der Waals surface area contributed by atoms with Gasteiger partial charge >= 0.3 is 6.09 Å². The Balaban J connectivity index is 1.88. The minimum Gasteiger partial charge on any atom is -0.444 e. The Morgan fingerprint density at radius 3 is 2.86 bits per heavy atom. The second kappa shape index (κ2) is 6.77. The largest absolute Gasteiger partial charge is 0.444 e. The molecule has 0 bridgehead atoms. The average Bonchev–Trinajstić information content (AvgIpc) is 2.85. The monoisotopic (exact) mass is 324 g/mol. The van der Waals surface area contributed by atoms with Crippen molar-refractivity contribution >= 4 is 16.9 Å². The van der Waals surface area contributed by atoms with Gasteiger partial charge in [0, 0.05) is 25.0 Å². The molecule has 0 unspecified atom stereocenters. The highest BCUT2D eigenvalue weighted by Crippen LogP contribution is 2.21. The van der Waals surface area contributed by atoms with Crippen molar-refractivity contribution in [1.82, 2.24) is 9.88 Å². The quantitative estimate of drug-likeness (QED) is 0.858. The number of pyridine rings is 1. The van der Waals surface area contributed by atoms with Crippen LogP contribution < -0.4 is 0 Å². The molecule has 2 rings (SSSR count). The van der Waals surface area contributed by atoms with Crippen LogP contribution >= 0.6 is 0 Å². The van der Waals surface area contributed by atoms with Crippen LogP contribution in [0.4, 0.5) is 4.79 Å². The molecule has 1 amide bonds. The summed E-state index contributed by atoms with van der Waals surface area (Å²) in [7, 11) is -1.12. The van der Waals surface area contributed by atoms with Gasteiger partial charge in [-0.25, -0.2) is 9.78 Å². The van der Waals surface area contributed by atoms with Gasteiger partial charge in [0.05, 0.1) is 10.8 Å². The first-order valence-corrected chi connectivity index (χ1v) is 8.85. The van der Waals surface area contributed by atoms with E-state index in [1.807, 2.05) is 39.8 Å². The van der Waals surface area contributed by atoms with Crippen LogP contribution in [0.2, 0.25) is 0 Å². The number of aryl methyl sites for hydroxylation is 1. The number of carbonyl (C=O) groups excluding carboxylic acids is 1. The Morgan fingerprint density at radius 1 is 1.50 bits per heavy atom. The fraction of sp³-hybridized carbons (Fsp3) is 0.625. The van der Waals surface area contributed by atoms with Crippen molar-refractivity contribution < 1.29 is 13.7 Å². The molecule has 5 nitrogen and oxygen atoms in total. The average molecular weight is 324 g/mol. The van der Waals surface area contributed by atoms with E-state index >= 15 is 0 Å². The van der Waals surface area contributed by atoms with Gasteiger partial charge in [0.25, 0.3) is 0 Å². The minimum atomic E-state index is -1.12. The summed E-state index contributed by atoms with van der Waals surface area (Å²) in [5.41, 5.74) is 0.573. The molecule has 1 aromatic heterocycles. The van der Waals surface area contributed by atoms with Crippen molar-refractivity contribution in [2.45, 2.75) is 44.7 Å². The lowest BCUT2D eigenvalue weighted by Crippen LogP contribution is -2.35. The molecule has 6 heteroatoms. The van der Waals surface area contributed by atoms with Crippen molar-refractivity contribution in [3.05, 3.63) is 23.9 Å². The van der Waals surface area contributed by atoms with Crippen molar-refractivity contribution in [3.8, 4) is 0 Å².